The fraction of sp³-hybridized carbons (Fsp3) is 0.571. The van der Waals surface area contributed by atoms with Gasteiger partial charge >= 0.3 is 0 Å². The number of hydrogen-bond acceptors (Lipinski definition) is 2. The molecule has 2 heteroatoms. The van der Waals surface area contributed by atoms with Gasteiger partial charge in [0.1, 0.15) is 0 Å². The predicted octanol–water partition coefficient (Wildman–Crippen LogP) is 3.23. The first-order chi connectivity index (χ1) is 7.54. The summed E-state index contributed by atoms with van der Waals surface area (Å²) >= 11 is 0. The number of ether oxygens (including phenoxy) is 1. The minimum absolute atomic E-state index is 0.0659. The highest BCUT2D eigenvalue weighted by atomic mass is 16.5. The van der Waals surface area contributed by atoms with Crippen LogP contribution in [0.25, 0.3) is 0 Å². The molecule has 2 atom stereocenters. The maximum atomic E-state index is 6.12. The largest absolute Gasteiger partial charge is 0.382 e. The molecule has 2 N–H and O–H groups in total. The Hall–Kier alpha value is -0.860. The Kier molecular flexibility index (Phi) is 4.97. The fourth-order valence-electron chi connectivity index (χ4n) is 1.72. The van der Waals surface area contributed by atoms with E-state index >= 15 is 0 Å². The van der Waals surface area contributed by atoms with Crippen LogP contribution in [0.1, 0.15) is 50.3 Å². The zero-order valence-electron chi connectivity index (χ0n) is 10.7. The first-order valence-electron chi connectivity index (χ1n) is 5.92. The average Bonchev–Trinajstić information content (AvgIpc) is 2.28. The number of methoxy groups -OCH3 is 1. The van der Waals surface area contributed by atoms with E-state index in [-0.39, 0.29) is 12.1 Å². The number of benzene rings is 1. The first-order valence-corrected chi connectivity index (χ1v) is 5.92. The molecule has 0 saturated carbocycles. The third-order valence-electron chi connectivity index (χ3n) is 3.02. The molecule has 90 valence electrons. The second-order valence-electron chi connectivity index (χ2n) is 4.71. The van der Waals surface area contributed by atoms with Crippen molar-refractivity contribution in [2.45, 2.75) is 45.3 Å². The summed E-state index contributed by atoms with van der Waals surface area (Å²) < 4.78 is 5.22. The van der Waals surface area contributed by atoms with Crippen LogP contribution in [0.3, 0.4) is 0 Å². The van der Waals surface area contributed by atoms with Crippen LogP contribution in [0.15, 0.2) is 24.3 Å². The second-order valence-corrected chi connectivity index (χ2v) is 4.71. The molecule has 0 saturated heterocycles. The Morgan fingerprint density at radius 2 is 1.56 bits per heavy atom. The Bertz CT molecular complexity index is 305. The van der Waals surface area contributed by atoms with Crippen molar-refractivity contribution in [2.24, 2.45) is 5.73 Å². The molecule has 0 radical (unpaired) electrons. The van der Waals surface area contributed by atoms with Crippen molar-refractivity contribution >= 4 is 0 Å². The van der Waals surface area contributed by atoms with Crippen LogP contribution < -0.4 is 5.73 Å². The van der Waals surface area contributed by atoms with Gasteiger partial charge < -0.3 is 10.5 Å². The topological polar surface area (TPSA) is 35.2 Å². The van der Waals surface area contributed by atoms with Gasteiger partial charge in [-0.2, -0.15) is 0 Å². The van der Waals surface area contributed by atoms with Gasteiger partial charge in [0, 0.05) is 13.2 Å². The summed E-state index contributed by atoms with van der Waals surface area (Å²) in [5.41, 5.74) is 8.66. The van der Waals surface area contributed by atoms with Crippen molar-refractivity contribution in [1.82, 2.24) is 0 Å². The number of hydrogen-bond donors (Lipinski definition) is 1. The summed E-state index contributed by atoms with van der Waals surface area (Å²) in [7, 11) is 1.72. The van der Waals surface area contributed by atoms with Gasteiger partial charge in [0.25, 0.3) is 0 Å². The number of nitrogens with two attached hydrogens (primary N) is 1. The Morgan fingerprint density at radius 3 is 2.00 bits per heavy atom. The lowest BCUT2D eigenvalue weighted by atomic mass is 9.97. The molecule has 2 unspecified atom stereocenters. The minimum Gasteiger partial charge on any atom is -0.382 e. The predicted molar refractivity (Wildman–Crippen MR) is 68.5 cm³/mol. The van der Waals surface area contributed by atoms with E-state index in [4.69, 9.17) is 10.5 Å². The maximum absolute atomic E-state index is 6.12. The maximum Gasteiger partial charge on any atom is 0.0561 e. The molecule has 0 heterocycles. The Labute approximate surface area is 98.8 Å². The van der Waals surface area contributed by atoms with Crippen LogP contribution in [0.5, 0.6) is 0 Å². The average molecular weight is 221 g/mol. The molecule has 0 fully saturated rings. The molecule has 0 aliphatic carbocycles. The lowest BCUT2D eigenvalue weighted by Gasteiger charge is -2.17. The van der Waals surface area contributed by atoms with Crippen molar-refractivity contribution in [3.8, 4) is 0 Å². The molecule has 1 aromatic carbocycles. The quantitative estimate of drug-likeness (QED) is 0.828. The zero-order chi connectivity index (χ0) is 12.1. The van der Waals surface area contributed by atoms with E-state index in [1.165, 1.54) is 11.1 Å². The summed E-state index contributed by atoms with van der Waals surface area (Å²) in [6.45, 7) is 6.44. The third kappa shape index (κ3) is 3.62. The van der Waals surface area contributed by atoms with Crippen molar-refractivity contribution in [3.05, 3.63) is 35.4 Å². The van der Waals surface area contributed by atoms with E-state index in [1.54, 1.807) is 7.11 Å². The van der Waals surface area contributed by atoms with Gasteiger partial charge in [-0.3, -0.25) is 0 Å². The van der Waals surface area contributed by atoms with Gasteiger partial charge in [0.2, 0.25) is 0 Å². The van der Waals surface area contributed by atoms with Crippen LogP contribution in [-0.2, 0) is 4.74 Å². The van der Waals surface area contributed by atoms with E-state index in [0.29, 0.717) is 5.92 Å². The Balaban J connectivity index is 2.66. The summed E-state index contributed by atoms with van der Waals surface area (Å²) in [4.78, 5) is 0. The van der Waals surface area contributed by atoms with E-state index in [2.05, 4.69) is 38.1 Å². The van der Waals surface area contributed by atoms with Crippen LogP contribution >= 0.6 is 0 Å². The van der Waals surface area contributed by atoms with E-state index in [9.17, 15) is 0 Å². The summed E-state index contributed by atoms with van der Waals surface area (Å²) in [5, 5.41) is 0. The minimum atomic E-state index is 0.0659. The van der Waals surface area contributed by atoms with Gasteiger partial charge in [0.05, 0.1) is 6.10 Å². The molecule has 2 nitrogen and oxygen atoms in total. The van der Waals surface area contributed by atoms with Gasteiger partial charge in [-0.25, -0.2) is 0 Å². The normalized spacial score (nSPS) is 15.1. The fourth-order valence-corrected chi connectivity index (χ4v) is 1.72. The molecule has 0 aromatic heterocycles. The van der Waals surface area contributed by atoms with Crippen molar-refractivity contribution < 1.29 is 4.74 Å². The lowest BCUT2D eigenvalue weighted by molar-refractivity contribution is 0.104. The molecular weight excluding hydrogens is 198 g/mol. The van der Waals surface area contributed by atoms with Crippen LogP contribution in [0.4, 0.5) is 0 Å². The van der Waals surface area contributed by atoms with Crippen LogP contribution in [0, 0.1) is 0 Å². The third-order valence-corrected chi connectivity index (χ3v) is 3.02. The van der Waals surface area contributed by atoms with Gasteiger partial charge in [-0.1, -0.05) is 38.1 Å². The SMILES string of the molecule is COC(C)CC(N)c1ccc(C(C)C)cc1. The molecule has 0 bridgehead atoms. The summed E-state index contributed by atoms with van der Waals surface area (Å²) in [6, 6.07) is 8.65. The zero-order valence-corrected chi connectivity index (χ0v) is 10.7. The highest BCUT2D eigenvalue weighted by molar-refractivity contribution is 5.26. The molecule has 0 aliphatic heterocycles. The molecule has 16 heavy (non-hydrogen) atoms. The molecule has 0 aliphatic rings. The van der Waals surface area contributed by atoms with Gasteiger partial charge in [-0.05, 0) is 30.4 Å². The molecule has 1 aromatic rings. The van der Waals surface area contributed by atoms with E-state index < -0.39 is 0 Å². The molecule has 1 rings (SSSR count). The summed E-state index contributed by atoms with van der Waals surface area (Å²) in [5.74, 6) is 0.572. The second kappa shape index (κ2) is 6.02. The van der Waals surface area contributed by atoms with Crippen LogP contribution in [0.2, 0.25) is 0 Å². The Morgan fingerprint density at radius 1 is 1.06 bits per heavy atom. The van der Waals surface area contributed by atoms with Crippen LogP contribution in [-0.4, -0.2) is 13.2 Å². The summed E-state index contributed by atoms with van der Waals surface area (Å²) in [6.07, 6.45) is 1.07. The molecule has 0 spiro atoms. The highest BCUT2D eigenvalue weighted by Gasteiger charge is 2.10. The number of rotatable bonds is 5. The molecule has 0 amide bonds. The first kappa shape index (κ1) is 13.2. The lowest BCUT2D eigenvalue weighted by Crippen LogP contribution is -2.18. The van der Waals surface area contributed by atoms with E-state index in [1.807, 2.05) is 6.92 Å². The van der Waals surface area contributed by atoms with Crippen molar-refractivity contribution in [2.75, 3.05) is 7.11 Å². The smallest absolute Gasteiger partial charge is 0.0561 e. The van der Waals surface area contributed by atoms with E-state index in [0.717, 1.165) is 6.42 Å². The molecular formula is C14H23NO. The van der Waals surface area contributed by atoms with Crippen molar-refractivity contribution in [3.63, 3.8) is 0 Å². The van der Waals surface area contributed by atoms with Crippen molar-refractivity contribution in [1.29, 1.82) is 0 Å². The van der Waals surface area contributed by atoms with Gasteiger partial charge in [0.15, 0.2) is 0 Å². The monoisotopic (exact) mass is 221 g/mol. The van der Waals surface area contributed by atoms with Gasteiger partial charge in [-0.15, -0.1) is 0 Å². The standard InChI is InChI=1S/C14H23NO/c1-10(2)12-5-7-13(8-6-12)14(15)9-11(3)16-4/h5-8,10-11,14H,9,15H2,1-4H3. The highest BCUT2D eigenvalue weighted by Crippen LogP contribution is 2.20.